The van der Waals surface area contributed by atoms with Gasteiger partial charge in [-0.25, -0.2) is 0 Å². The number of fused-ring (bicyclic) bond motifs is 1. The van der Waals surface area contributed by atoms with Crippen LogP contribution in [0.25, 0.3) is 0 Å². The van der Waals surface area contributed by atoms with Crippen molar-refractivity contribution in [3.05, 3.63) is 69.8 Å². The fourth-order valence-electron chi connectivity index (χ4n) is 2.98. The van der Waals surface area contributed by atoms with Gasteiger partial charge in [0.25, 0.3) is 11.6 Å². The monoisotopic (exact) mass is 325 g/mol. The third kappa shape index (κ3) is 2.82. The van der Waals surface area contributed by atoms with E-state index in [4.69, 9.17) is 0 Å². The smallest absolute Gasteiger partial charge is 0.276 e. The summed E-state index contributed by atoms with van der Waals surface area (Å²) in [6.45, 7) is 2.60. The summed E-state index contributed by atoms with van der Waals surface area (Å²) < 4.78 is 0. The molecule has 2 aromatic carbocycles. The second-order valence-corrected chi connectivity index (χ2v) is 5.76. The third-order valence-corrected chi connectivity index (χ3v) is 4.20. The largest absolute Gasteiger partial charge is 0.361 e. The number of nitro benzene ring substituents is 1. The summed E-state index contributed by atoms with van der Waals surface area (Å²) >= 11 is 0. The van der Waals surface area contributed by atoms with Crippen LogP contribution in [0, 0.1) is 10.1 Å². The Labute approximate surface area is 140 Å². The highest BCUT2D eigenvalue weighted by atomic mass is 16.6. The first-order valence-electron chi connectivity index (χ1n) is 8.03. The van der Waals surface area contributed by atoms with Crippen molar-refractivity contribution in [2.75, 3.05) is 11.9 Å². The summed E-state index contributed by atoms with van der Waals surface area (Å²) in [5.41, 5.74) is 1.83. The Morgan fingerprint density at radius 2 is 1.88 bits per heavy atom. The number of carbonyl (C=O) groups excluding carboxylic acids is 1. The Bertz CT molecular complexity index is 776. The second kappa shape index (κ2) is 6.70. The van der Waals surface area contributed by atoms with E-state index in [1.807, 2.05) is 18.2 Å². The van der Waals surface area contributed by atoms with Gasteiger partial charge in [-0.1, -0.05) is 37.6 Å². The van der Waals surface area contributed by atoms with Crippen LogP contribution in [0.3, 0.4) is 0 Å². The molecule has 0 radical (unpaired) electrons. The van der Waals surface area contributed by atoms with Gasteiger partial charge < -0.3 is 10.2 Å². The number of rotatable bonds is 5. The zero-order valence-electron chi connectivity index (χ0n) is 13.4. The van der Waals surface area contributed by atoms with E-state index in [1.165, 1.54) is 6.07 Å². The number of unbranched alkanes of at least 4 members (excludes halogenated alkanes) is 1. The van der Waals surface area contributed by atoms with E-state index in [2.05, 4.69) is 12.2 Å². The number of para-hydroxylation sites is 2. The Hall–Kier alpha value is -2.89. The number of benzene rings is 2. The molecule has 0 aromatic heterocycles. The number of nitro groups is 1. The van der Waals surface area contributed by atoms with Crippen LogP contribution in [0.2, 0.25) is 0 Å². The number of hydrogen-bond donors (Lipinski definition) is 1. The van der Waals surface area contributed by atoms with Crippen molar-refractivity contribution < 1.29 is 9.72 Å². The van der Waals surface area contributed by atoms with Crippen LogP contribution >= 0.6 is 0 Å². The molecule has 1 aliphatic rings. The summed E-state index contributed by atoms with van der Waals surface area (Å²) in [6, 6.07) is 13.8. The molecule has 0 spiro atoms. The van der Waals surface area contributed by atoms with Crippen molar-refractivity contribution in [2.24, 2.45) is 0 Å². The minimum atomic E-state index is -0.541. The SMILES string of the molecule is CCCCN1C(=O)c2ccccc2NC1c1ccccc1[N+](=O)[O-]. The quantitative estimate of drug-likeness (QED) is 0.667. The van der Waals surface area contributed by atoms with E-state index >= 15 is 0 Å². The molecule has 0 fully saturated rings. The lowest BCUT2D eigenvalue weighted by Gasteiger charge is -2.37. The molecule has 0 aliphatic carbocycles. The molecule has 1 unspecified atom stereocenters. The lowest BCUT2D eigenvalue weighted by molar-refractivity contribution is -0.385. The number of hydrogen-bond acceptors (Lipinski definition) is 4. The molecule has 1 atom stereocenters. The Morgan fingerprint density at radius 1 is 1.17 bits per heavy atom. The Balaban J connectivity index is 2.08. The average Bonchev–Trinajstić information content (AvgIpc) is 2.61. The lowest BCUT2D eigenvalue weighted by atomic mass is 10.0. The van der Waals surface area contributed by atoms with Crippen molar-refractivity contribution in [3.8, 4) is 0 Å². The summed E-state index contributed by atoms with van der Waals surface area (Å²) in [5, 5.41) is 14.7. The predicted molar refractivity (Wildman–Crippen MR) is 91.8 cm³/mol. The van der Waals surface area contributed by atoms with Crippen LogP contribution in [0.4, 0.5) is 11.4 Å². The fraction of sp³-hybridized carbons (Fsp3) is 0.278. The molecule has 3 rings (SSSR count). The van der Waals surface area contributed by atoms with Crippen LogP contribution in [-0.4, -0.2) is 22.3 Å². The van der Waals surface area contributed by atoms with Gasteiger partial charge in [0.1, 0.15) is 6.17 Å². The van der Waals surface area contributed by atoms with Gasteiger partial charge in [-0.05, 0) is 24.6 Å². The summed E-state index contributed by atoms with van der Waals surface area (Å²) in [6.07, 6.45) is 1.24. The molecule has 0 saturated carbocycles. The van der Waals surface area contributed by atoms with E-state index in [-0.39, 0.29) is 11.6 Å². The highest BCUT2D eigenvalue weighted by Gasteiger charge is 2.35. The van der Waals surface area contributed by atoms with E-state index < -0.39 is 11.1 Å². The first-order valence-corrected chi connectivity index (χ1v) is 8.03. The highest BCUT2D eigenvalue weighted by molar-refractivity contribution is 6.01. The molecular formula is C18H19N3O3. The van der Waals surface area contributed by atoms with Gasteiger partial charge in [0.05, 0.1) is 16.1 Å². The maximum absolute atomic E-state index is 12.9. The minimum absolute atomic E-state index is 0.0173. The molecule has 2 aromatic rings. The molecule has 6 heteroatoms. The normalized spacial score (nSPS) is 16.5. The average molecular weight is 325 g/mol. The Kier molecular flexibility index (Phi) is 4.46. The van der Waals surface area contributed by atoms with E-state index in [0.717, 1.165) is 12.8 Å². The van der Waals surface area contributed by atoms with Crippen LogP contribution in [-0.2, 0) is 0 Å². The molecule has 24 heavy (non-hydrogen) atoms. The standard InChI is InChI=1S/C18H19N3O3/c1-2-3-12-20-17(14-9-5-7-11-16(14)21(23)24)19-15-10-6-4-8-13(15)18(20)22/h4-11,17,19H,2-3,12H2,1H3. The predicted octanol–water partition coefficient (Wildman–Crippen LogP) is 3.96. The van der Waals surface area contributed by atoms with Crippen LogP contribution in [0.5, 0.6) is 0 Å². The minimum Gasteiger partial charge on any atom is -0.361 e. The molecule has 1 amide bonds. The van der Waals surface area contributed by atoms with Crippen molar-refractivity contribution in [2.45, 2.75) is 25.9 Å². The van der Waals surface area contributed by atoms with Crippen molar-refractivity contribution in [3.63, 3.8) is 0 Å². The lowest BCUT2D eigenvalue weighted by Crippen LogP contribution is -2.43. The van der Waals surface area contributed by atoms with E-state index in [9.17, 15) is 14.9 Å². The summed E-state index contributed by atoms with van der Waals surface area (Å²) in [7, 11) is 0. The number of amides is 1. The van der Waals surface area contributed by atoms with Gasteiger partial charge in [0.15, 0.2) is 0 Å². The van der Waals surface area contributed by atoms with Crippen LogP contribution in [0.1, 0.15) is 41.9 Å². The first-order chi connectivity index (χ1) is 11.6. The molecule has 6 nitrogen and oxygen atoms in total. The molecular weight excluding hydrogens is 306 g/mol. The number of nitrogens with zero attached hydrogens (tertiary/aromatic N) is 2. The molecule has 0 bridgehead atoms. The van der Waals surface area contributed by atoms with E-state index in [1.54, 1.807) is 29.2 Å². The maximum Gasteiger partial charge on any atom is 0.276 e. The summed E-state index contributed by atoms with van der Waals surface area (Å²) in [5.74, 6) is -0.0963. The molecule has 0 saturated heterocycles. The van der Waals surface area contributed by atoms with Gasteiger partial charge in [0.2, 0.25) is 0 Å². The number of anilines is 1. The van der Waals surface area contributed by atoms with Gasteiger partial charge in [-0.15, -0.1) is 0 Å². The van der Waals surface area contributed by atoms with Gasteiger partial charge in [-0.3, -0.25) is 14.9 Å². The molecule has 1 aliphatic heterocycles. The third-order valence-electron chi connectivity index (χ3n) is 4.20. The Morgan fingerprint density at radius 3 is 2.62 bits per heavy atom. The van der Waals surface area contributed by atoms with Crippen molar-refractivity contribution in [1.82, 2.24) is 4.90 Å². The molecule has 1 N–H and O–H groups in total. The van der Waals surface area contributed by atoms with Gasteiger partial charge in [-0.2, -0.15) is 0 Å². The highest BCUT2D eigenvalue weighted by Crippen LogP contribution is 2.36. The van der Waals surface area contributed by atoms with E-state index in [0.29, 0.717) is 23.4 Å². The van der Waals surface area contributed by atoms with Crippen LogP contribution < -0.4 is 5.32 Å². The van der Waals surface area contributed by atoms with Crippen molar-refractivity contribution >= 4 is 17.3 Å². The van der Waals surface area contributed by atoms with Crippen LogP contribution in [0.15, 0.2) is 48.5 Å². The molecule has 1 heterocycles. The zero-order valence-corrected chi connectivity index (χ0v) is 13.4. The maximum atomic E-state index is 12.9. The first kappa shape index (κ1) is 16.0. The van der Waals surface area contributed by atoms with Crippen molar-refractivity contribution in [1.29, 1.82) is 0 Å². The second-order valence-electron chi connectivity index (χ2n) is 5.76. The summed E-state index contributed by atoms with van der Waals surface area (Å²) in [4.78, 5) is 25.6. The number of nitrogens with one attached hydrogen (secondary N) is 1. The fourth-order valence-corrected chi connectivity index (χ4v) is 2.98. The molecule has 124 valence electrons. The zero-order chi connectivity index (χ0) is 17.1. The topological polar surface area (TPSA) is 75.5 Å². The van der Waals surface area contributed by atoms with Gasteiger partial charge in [0, 0.05) is 18.3 Å². The van der Waals surface area contributed by atoms with Gasteiger partial charge >= 0.3 is 0 Å². The number of carbonyl (C=O) groups is 1.